The van der Waals surface area contributed by atoms with Crippen LogP contribution in [-0.2, 0) is 9.59 Å². The standard InChI is InChI=1S/C18H16INO2/c1-9(2)14-12-7-8-13(14)16-15(12)17(21)20(18(16)22)11-5-3-10(19)4-6-11/h3-8,12-13,15-16H,1-2H3/t12-,13-,15+,16+/m0/s1. The number of halogens is 1. The number of benzene rings is 1. The third-order valence-corrected chi connectivity index (χ3v) is 5.80. The minimum atomic E-state index is -0.202. The lowest BCUT2D eigenvalue weighted by molar-refractivity contribution is -0.122. The van der Waals surface area contributed by atoms with E-state index < -0.39 is 0 Å². The highest BCUT2D eigenvalue weighted by molar-refractivity contribution is 14.1. The maximum Gasteiger partial charge on any atom is 0.238 e. The molecule has 1 saturated heterocycles. The van der Waals surface area contributed by atoms with E-state index in [9.17, 15) is 9.59 Å². The molecular weight excluding hydrogens is 389 g/mol. The second-order valence-electron chi connectivity index (χ2n) is 6.43. The molecule has 1 aromatic carbocycles. The highest BCUT2D eigenvalue weighted by Gasteiger charge is 2.61. The predicted molar refractivity (Wildman–Crippen MR) is 93.1 cm³/mol. The summed E-state index contributed by atoms with van der Waals surface area (Å²) in [7, 11) is 0. The highest BCUT2D eigenvalue weighted by atomic mass is 127. The van der Waals surface area contributed by atoms with E-state index in [1.807, 2.05) is 24.3 Å². The van der Waals surface area contributed by atoms with E-state index >= 15 is 0 Å². The molecule has 22 heavy (non-hydrogen) atoms. The van der Waals surface area contributed by atoms with Crippen molar-refractivity contribution in [2.24, 2.45) is 23.7 Å². The first-order valence-electron chi connectivity index (χ1n) is 7.49. The summed E-state index contributed by atoms with van der Waals surface area (Å²) in [6.07, 6.45) is 4.24. The van der Waals surface area contributed by atoms with Crippen LogP contribution >= 0.6 is 22.6 Å². The summed E-state index contributed by atoms with van der Waals surface area (Å²) in [6.45, 7) is 4.16. The number of hydrogen-bond acceptors (Lipinski definition) is 2. The van der Waals surface area contributed by atoms with Gasteiger partial charge in [0, 0.05) is 15.4 Å². The summed E-state index contributed by atoms with van der Waals surface area (Å²) in [5.41, 5.74) is 3.23. The number of rotatable bonds is 1. The average molecular weight is 405 g/mol. The van der Waals surface area contributed by atoms with Crippen LogP contribution in [0, 0.1) is 27.2 Å². The van der Waals surface area contributed by atoms with Gasteiger partial charge in [-0.05, 0) is 60.7 Å². The van der Waals surface area contributed by atoms with Crippen LogP contribution in [0.1, 0.15) is 13.8 Å². The molecule has 112 valence electrons. The van der Waals surface area contributed by atoms with Crippen LogP contribution in [0.25, 0.3) is 0 Å². The molecule has 0 aromatic heterocycles. The van der Waals surface area contributed by atoms with Crippen LogP contribution in [0.15, 0.2) is 47.6 Å². The third kappa shape index (κ3) is 1.73. The molecule has 2 aliphatic carbocycles. The number of amides is 2. The number of carbonyl (C=O) groups is 2. The Morgan fingerprint density at radius 1 is 0.955 bits per heavy atom. The van der Waals surface area contributed by atoms with E-state index in [0.29, 0.717) is 5.69 Å². The zero-order valence-corrected chi connectivity index (χ0v) is 14.6. The molecule has 4 heteroatoms. The van der Waals surface area contributed by atoms with Crippen LogP contribution in [0.4, 0.5) is 5.69 Å². The lowest BCUT2D eigenvalue weighted by atomic mass is 9.85. The number of imide groups is 1. The maximum atomic E-state index is 12.9. The lowest BCUT2D eigenvalue weighted by Gasteiger charge is -2.19. The second kappa shape index (κ2) is 4.78. The zero-order chi connectivity index (χ0) is 15.6. The topological polar surface area (TPSA) is 37.4 Å². The van der Waals surface area contributed by atoms with Gasteiger partial charge >= 0.3 is 0 Å². The molecule has 2 bridgehead atoms. The molecule has 4 atom stereocenters. The largest absolute Gasteiger partial charge is 0.274 e. The summed E-state index contributed by atoms with van der Waals surface area (Å²) in [6, 6.07) is 7.57. The molecule has 2 fully saturated rings. The first-order chi connectivity index (χ1) is 10.5. The highest BCUT2D eigenvalue weighted by Crippen LogP contribution is 2.57. The zero-order valence-electron chi connectivity index (χ0n) is 12.4. The molecule has 1 aromatic rings. The van der Waals surface area contributed by atoms with Crippen molar-refractivity contribution >= 4 is 40.1 Å². The van der Waals surface area contributed by atoms with Crippen molar-refractivity contribution in [3.05, 3.63) is 51.1 Å². The van der Waals surface area contributed by atoms with Gasteiger partial charge < -0.3 is 0 Å². The van der Waals surface area contributed by atoms with Crippen molar-refractivity contribution in [3.8, 4) is 0 Å². The fourth-order valence-electron chi connectivity index (χ4n) is 4.27. The fraction of sp³-hybridized carbons (Fsp3) is 0.333. The van der Waals surface area contributed by atoms with Crippen molar-refractivity contribution in [1.82, 2.24) is 0 Å². The van der Waals surface area contributed by atoms with Crippen LogP contribution in [0.2, 0.25) is 0 Å². The van der Waals surface area contributed by atoms with Crippen LogP contribution in [0.5, 0.6) is 0 Å². The molecule has 4 rings (SSSR count). The van der Waals surface area contributed by atoms with E-state index in [1.165, 1.54) is 16.0 Å². The van der Waals surface area contributed by atoms with Gasteiger partial charge in [-0.3, -0.25) is 9.59 Å². The normalized spacial score (nSPS) is 32.1. The van der Waals surface area contributed by atoms with E-state index in [1.54, 1.807) is 0 Å². The van der Waals surface area contributed by atoms with Gasteiger partial charge in [-0.2, -0.15) is 0 Å². The van der Waals surface area contributed by atoms with Gasteiger partial charge in [-0.15, -0.1) is 0 Å². The second-order valence-corrected chi connectivity index (χ2v) is 7.68. The van der Waals surface area contributed by atoms with E-state index in [-0.39, 0.29) is 35.5 Å². The van der Waals surface area contributed by atoms with Crippen molar-refractivity contribution in [2.75, 3.05) is 4.90 Å². The lowest BCUT2D eigenvalue weighted by Crippen LogP contribution is -2.33. The van der Waals surface area contributed by atoms with E-state index in [0.717, 1.165) is 3.57 Å². The first kappa shape index (κ1) is 14.2. The van der Waals surface area contributed by atoms with Gasteiger partial charge in [0.1, 0.15) is 0 Å². The number of carbonyl (C=O) groups excluding carboxylic acids is 2. The molecule has 0 radical (unpaired) electrons. The first-order valence-corrected chi connectivity index (χ1v) is 8.57. The Balaban J connectivity index is 1.76. The van der Waals surface area contributed by atoms with E-state index in [2.05, 4.69) is 48.6 Å². The predicted octanol–water partition coefficient (Wildman–Crippen LogP) is 3.55. The van der Waals surface area contributed by atoms with Gasteiger partial charge in [-0.1, -0.05) is 23.3 Å². The molecule has 1 saturated carbocycles. The van der Waals surface area contributed by atoms with Crippen molar-refractivity contribution in [2.45, 2.75) is 13.8 Å². The summed E-state index contributed by atoms with van der Waals surface area (Å²) >= 11 is 2.22. The summed E-state index contributed by atoms with van der Waals surface area (Å²) in [5.74, 6) is -0.243. The van der Waals surface area contributed by atoms with Crippen molar-refractivity contribution < 1.29 is 9.59 Å². The molecule has 1 heterocycles. The fourth-order valence-corrected chi connectivity index (χ4v) is 4.63. The SMILES string of the molecule is CC(C)=C1[C@@H]2C=C[C@@H]1[C@H]1C(=O)N(c3ccc(I)cc3)C(=O)[C@@H]12. The smallest absolute Gasteiger partial charge is 0.238 e. The Morgan fingerprint density at radius 2 is 1.45 bits per heavy atom. The number of hydrogen-bond donors (Lipinski definition) is 0. The van der Waals surface area contributed by atoms with Crippen molar-refractivity contribution in [3.63, 3.8) is 0 Å². The molecule has 0 unspecified atom stereocenters. The van der Waals surface area contributed by atoms with Gasteiger partial charge in [0.05, 0.1) is 17.5 Å². The molecule has 3 aliphatic rings. The van der Waals surface area contributed by atoms with Crippen molar-refractivity contribution in [1.29, 1.82) is 0 Å². The average Bonchev–Trinajstić information content (AvgIpc) is 3.11. The molecule has 0 spiro atoms. The number of anilines is 1. The minimum absolute atomic E-state index is 0.0354. The van der Waals surface area contributed by atoms with Crippen LogP contribution in [0.3, 0.4) is 0 Å². The molecule has 3 nitrogen and oxygen atoms in total. The van der Waals surface area contributed by atoms with E-state index in [4.69, 9.17) is 0 Å². The quantitative estimate of drug-likeness (QED) is 0.407. The maximum absolute atomic E-state index is 12.9. The summed E-state index contributed by atoms with van der Waals surface area (Å²) in [5, 5.41) is 0. The summed E-state index contributed by atoms with van der Waals surface area (Å²) in [4.78, 5) is 27.2. The number of nitrogens with zero attached hydrogens (tertiary/aromatic N) is 1. The third-order valence-electron chi connectivity index (χ3n) is 5.08. The van der Waals surface area contributed by atoms with Gasteiger partial charge in [-0.25, -0.2) is 4.90 Å². The summed E-state index contributed by atoms with van der Waals surface area (Å²) < 4.78 is 1.09. The number of allylic oxidation sites excluding steroid dienone is 4. The van der Waals surface area contributed by atoms with Crippen LogP contribution in [-0.4, -0.2) is 11.8 Å². The van der Waals surface area contributed by atoms with Gasteiger partial charge in [0.25, 0.3) is 0 Å². The monoisotopic (exact) mass is 405 g/mol. The van der Waals surface area contributed by atoms with Gasteiger partial charge in [0.2, 0.25) is 11.8 Å². The molecule has 2 amide bonds. The van der Waals surface area contributed by atoms with Crippen LogP contribution < -0.4 is 4.90 Å². The number of fused-ring (bicyclic) bond motifs is 5. The Kier molecular flexibility index (Phi) is 3.08. The molecule has 1 aliphatic heterocycles. The Bertz CT molecular complexity index is 709. The Morgan fingerprint density at radius 3 is 1.91 bits per heavy atom. The molecule has 0 N–H and O–H groups in total. The Labute approximate surface area is 143 Å². The molecular formula is C18H16INO2. The van der Waals surface area contributed by atoms with Gasteiger partial charge in [0.15, 0.2) is 0 Å². The Hall–Kier alpha value is -1.43. The minimum Gasteiger partial charge on any atom is -0.274 e.